The highest BCUT2D eigenvalue weighted by Gasteiger charge is 2.20. The molecule has 0 aliphatic heterocycles. The summed E-state index contributed by atoms with van der Waals surface area (Å²) in [6.45, 7) is 0. The Morgan fingerprint density at radius 2 is 1.68 bits per heavy atom. The average Bonchev–Trinajstić information content (AvgIpc) is 3.06. The van der Waals surface area contributed by atoms with Crippen LogP contribution in [0.2, 0.25) is 0 Å². The first-order chi connectivity index (χ1) is 12.1. The predicted molar refractivity (Wildman–Crippen MR) is 97.7 cm³/mol. The largest absolute Gasteiger partial charge is 0.496 e. The van der Waals surface area contributed by atoms with Crippen LogP contribution in [-0.4, -0.2) is 24.1 Å². The maximum absolute atomic E-state index is 12.5. The number of rotatable bonds is 5. The summed E-state index contributed by atoms with van der Waals surface area (Å²) in [4.78, 5) is 24.8. The van der Waals surface area contributed by atoms with Crippen LogP contribution in [0.3, 0.4) is 0 Å². The van der Waals surface area contributed by atoms with E-state index >= 15 is 0 Å². The molecule has 0 saturated heterocycles. The Hall–Kier alpha value is -3.12. The first-order valence-corrected chi connectivity index (χ1v) is 8.28. The number of nitrogens with one attached hydrogen (secondary N) is 1. The molecule has 0 radical (unpaired) electrons. The number of ether oxygens (including phenoxy) is 1. The maximum atomic E-state index is 12.5. The molecular formula is C19H15NO4S. The van der Waals surface area contributed by atoms with Crippen molar-refractivity contribution in [2.24, 2.45) is 0 Å². The Labute approximate surface area is 148 Å². The van der Waals surface area contributed by atoms with Gasteiger partial charge >= 0.3 is 5.97 Å². The van der Waals surface area contributed by atoms with E-state index in [1.54, 1.807) is 30.3 Å². The monoisotopic (exact) mass is 353 g/mol. The van der Waals surface area contributed by atoms with Gasteiger partial charge in [0.15, 0.2) is 0 Å². The second kappa shape index (κ2) is 7.19. The van der Waals surface area contributed by atoms with Crippen LogP contribution in [0.4, 0.5) is 5.00 Å². The zero-order valence-corrected chi connectivity index (χ0v) is 14.2. The molecule has 0 saturated carbocycles. The molecule has 1 heterocycles. The van der Waals surface area contributed by atoms with Crippen molar-refractivity contribution in [2.75, 3.05) is 12.4 Å². The number of aromatic carboxylic acids is 1. The summed E-state index contributed by atoms with van der Waals surface area (Å²) >= 11 is 1.22. The second-order valence-electron chi connectivity index (χ2n) is 5.18. The van der Waals surface area contributed by atoms with Crippen LogP contribution in [0, 0.1) is 0 Å². The number of amides is 1. The van der Waals surface area contributed by atoms with Gasteiger partial charge in [-0.15, -0.1) is 11.3 Å². The Morgan fingerprint density at radius 1 is 1.00 bits per heavy atom. The van der Waals surface area contributed by atoms with Crippen molar-refractivity contribution >= 4 is 28.2 Å². The fourth-order valence-electron chi connectivity index (χ4n) is 2.39. The lowest BCUT2D eigenvalue weighted by molar-refractivity contribution is 0.0698. The molecule has 0 atom stereocenters. The number of thiophene rings is 1. The average molecular weight is 353 g/mol. The van der Waals surface area contributed by atoms with Gasteiger partial charge in [0.2, 0.25) is 0 Å². The molecule has 25 heavy (non-hydrogen) atoms. The number of carbonyl (C=O) groups excluding carboxylic acids is 1. The molecule has 126 valence electrons. The van der Waals surface area contributed by atoms with Crippen LogP contribution in [0.5, 0.6) is 5.75 Å². The van der Waals surface area contributed by atoms with Crippen LogP contribution in [-0.2, 0) is 0 Å². The van der Waals surface area contributed by atoms with Crippen molar-refractivity contribution in [3.63, 3.8) is 0 Å². The van der Waals surface area contributed by atoms with Gasteiger partial charge in [-0.05, 0) is 23.8 Å². The third-order valence-corrected chi connectivity index (χ3v) is 4.70. The minimum atomic E-state index is -1.09. The van der Waals surface area contributed by atoms with E-state index in [0.717, 1.165) is 10.4 Å². The van der Waals surface area contributed by atoms with Gasteiger partial charge < -0.3 is 15.2 Å². The number of anilines is 1. The number of hydrogen-bond donors (Lipinski definition) is 2. The van der Waals surface area contributed by atoms with Crippen LogP contribution in [0.15, 0.2) is 60.7 Å². The van der Waals surface area contributed by atoms with Gasteiger partial charge in [0.1, 0.15) is 10.8 Å². The van der Waals surface area contributed by atoms with Crippen LogP contribution < -0.4 is 10.1 Å². The van der Waals surface area contributed by atoms with E-state index in [9.17, 15) is 14.7 Å². The molecule has 3 aromatic rings. The van der Waals surface area contributed by atoms with E-state index in [0.29, 0.717) is 16.3 Å². The molecular weight excluding hydrogens is 338 g/mol. The summed E-state index contributed by atoms with van der Waals surface area (Å²) < 4.78 is 5.18. The minimum Gasteiger partial charge on any atom is -0.496 e. The van der Waals surface area contributed by atoms with Crippen molar-refractivity contribution in [1.82, 2.24) is 0 Å². The molecule has 1 amide bonds. The van der Waals surface area contributed by atoms with E-state index in [4.69, 9.17) is 4.74 Å². The second-order valence-corrected chi connectivity index (χ2v) is 6.23. The zero-order valence-electron chi connectivity index (χ0n) is 13.4. The SMILES string of the molecule is COc1ccccc1C(=O)Nc1sc(-c2ccccc2)cc1C(=O)O. The molecule has 5 nitrogen and oxygen atoms in total. The molecule has 0 bridgehead atoms. The van der Waals surface area contributed by atoms with Crippen molar-refractivity contribution < 1.29 is 19.4 Å². The lowest BCUT2D eigenvalue weighted by Crippen LogP contribution is -2.14. The maximum Gasteiger partial charge on any atom is 0.338 e. The van der Waals surface area contributed by atoms with Gasteiger partial charge in [-0.25, -0.2) is 4.79 Å². The Morgan fingerprint density at radius 3 is 2.36 bits per heavy atom. The van der Waals surface area contributed by atoms with Crippen molar-refractivity contribution in [2.45, 2.75) is 0 Å². The number of carboxylic acids is 1. The van der Waals surface area contributed by atoms with E-state index in [1.165, 1.54) is 18.4 Å². The Bertz CT molecular complexity index is 918. The number of carboxylic acid groups (broad SMARTS) is 1. The molecule has 1 aromatic heterocycles. The highest BCUT2D eigenvalue weighted by Crippen LogP contribution is 2.36. The van der Waals surface area contributed by atoms with Gasteiger partial charge in [0.25, 0.3) is 5.91 Å². The topological polar surface area (TPSA) is 75.6 Å². The number of methoxy groups -OCH3 is 1. The summed E-state index contributed by atoms with van der Waals surface area (Å²) in [5.74, 6) is -1.08. The number of carbonyl (C=O) groups is 2. The van der Waals surface area contributed by atoms with E-state index in [-0.39, 0.29) is 5.56 Å². The fourth-order valence-corrected chi connectivity index (χ4v) is 3.44. The van der Waals surface area contributed by atoms with Crippen molar-refractivity contribution in [3.8, 4) is 16.2 Å². The van der Waals surface area contributed by atoms with E-state index in [2.05, 4.69) is 5.32 Å². The van der Waals surface area contributed by atoms with Crippen LogP contribution >= 0.6 is 11.3 Å². The quantitative estimate of drug-likeness (QED) is 0.714. The number of benzene rings is 2. The van der Waals surface area contributed by atoms with E-state index < -0.39 is 11.9 Å². The van der Waals surface area contributed by atoms with Gasteiger partial charge in [0.05, 0.1) is 18.2 Å². The third-order valence-electron chi connectivity index (χ3n) is 3.60. The molecule has 2 aromatic carbocycles. The summed E-state index contributed by atoms with van der Waals surface area (Å²) in [7, 11) is 1.48. The molecule has 3 rings (SSSR count). The smallest absolute Gasteiger partial charge is 0.338 e. The number of para-hydroxylation sites is 1. The summed E-state index contributed by atoms with van der Waals surface area (Å²) in [6.07, 6.45) is 0. The summed E-state index contributed by atoms with van der Waals surface area (Å²) in [6, 6.07) is 17.8. The predicted octanol–water partition coefficient (Wildman–Crippen LogP) is 4.37. The third kappa shape index (κ3) is 3.54. The molecule has 2 N–H and O–H groups in total. The normalized spacial score (nSPS) is 10.3. The van der Waals surface area contributed by atoms with Crippen molar-refractivity contribution in [1.29, 1.82) is 0 Å². The fraction of sp³-hybridized carbons (Fsp3) is 0.0526. The highest BCUT2D eigenvalue weighted by atomic mass is 32.1. The first kappa shape index (κ1) is 16.7. The van der Waals surface area contributed by atoms with Gasteiger partial charge in [0, 0.05) is 4.88 Å². The van der Waals surface area contributed by atoms with E-state index in [1.807, 2.05) is 30.3 Å². The molecule has 6 heteroatoms. The summed E-state index contributed by atoms with van der Waals surface area (Å²) in [5.41, 5.74) is 1.30. The lowest BCUT2D eigenvalue weighted by Gasteiger charge is -2.08. The lowest BCUT2D eigenvalue weighted by atomic mass is 10.1. The molecule has 0 spiro atoms. The van der Waals surface area contributed by atoms with Gasteiger partial charge in [-0.3, -0.25) is 4.79 Å². The molecule has 0 aliphatic rings. The molecule has 0 unspecified atom stereocenters. The Balaban J connectivity index is 1.95. The van der Waals surface area contributed by atoms with Gasteiger partial charge in [-0.1, -0.05) is 42.5 Å². The van der Waals surface area contributed by atoms with Crippen LogP contribution in [0.25, 0.3) is 10.4 Å². The molecule has 0 aliphatic carbocycles. The first-order valence-electron chi connectivity index (χ1n) is 7.47. The zero-order chi connectivity index (χ0) is 17.8. The number of hydrogen-bond acceptors (Lipinski definition) is 4. The minimum absolute atomic E-state index is 0.0621. The molecule has 0 fully saturated rings. The van der Waals surface area contributed by atoms with Gasteiger partial charge in [-0.2, -0.15) is 0 Å². The standard InChI is InChI=1S/C19H15NO4S/c1-24-15-10-6-5-9-13(15)17(21)20-18-14(19(22)23)11-16(25-18)12-7-3-2-4-8-12/h2-11H,1H3,(H,20,21)(H,22,23). The summed E-state index contributed by atoms with van der Waals surface area (Å²) in [5, 5.41) is 12.4. The van der Waals surface area contributed by atoms with Crippen molar-refractivity contribution in [3.05, 3.63) is 71.8 Å². The van der Waals surface area contributed by atoms with Crippen LogP contribution in [0.1, 0.15) is 20.7 Å². The highest BCUT2D eigenvalue weighted by molar-refractivity contribution is 7.20. The Kier molecular flexibility index (Phi) is 4.81.